The van der Waals surface area contributed by atoms with Gasteiger partial charge in [-0.05, 0) is 62.1 Å². The van der Waals surface area contributed by atoms with Gasteiger partial charge in [-0.2, -0.15) is 0 Å². The fourth-order valence-corrected chi connectivity index (χ4v) is 4.09. The Bertz CT molecular complexity index is 1090. The van der Waals surface area contributed by atoms with Crippen LogP contribution in [0.1, 0.15) is 37.4 Å². The Hall–Kier alpha value is -3.75. The topological polar surface area (TPSA) is 106 Å². The van der Waals surface area contributed by atoms with Crippen molar-refractivity contribution >= 4 is 17.8 Å². The van der Waals surface area contributed by atoms with Crippen molar-refractivity contribution < 1.29 is 28.6 Å². The minimum absolute atomic E-state index is 0.342. The number of ether oxygens (including phenoxy) is 3. The second-order valence-electron chi connectivity index (χ2n) is 8.69. The second kappa shape index (κ2) is 9.62. The number of fused-ring (bicyclic) bond motifs is 1. The van der Waals surface area contributed by atoms with E-state index in [2.05, 4.69) is 10.6 Å². The van der Waals surface area contributed by atoms with Gasteiger partial charge in [0, 0.05) is 0 Å². The minimum atomic E-state index is -1.07. The average molecular weight is 468 g/mol. The highest BCUT2D eigenvalue weighted by molar-refractivity contribution is 6.08. The molecule has 4 amide bonds. The normalized spacial score (nSPS) is 20.0. The highest BCUT2D eigenvalue weighted by Gasteiger charge is 2.47. The van der Waals surface area contributed by atoms with Crippen LogP contribution in [0, 0.1) is 0 Å². The highest BCUT2D eigenvalue weighted by Crippen LogP contribution is 2.32. The first-order valence-electron chi connectivity index (χ1n) is 11.2. The molecule has 9 nitrogen and oxygen atoms in total. The lowest BCUT2D eigenvalue weighted by molar-refractivity contribution is -0.134. The molecule has 1 fully saturated rings. The van der Waals surface area contributed by atoms with Crippen molar-refractivity contribution in [2.24, 2.45) is 0 Å². The molecule has 0 aliphatic carbocycles. The standard InChI is InChI=1S/C25H29N3O6/c1-16(18-6-9-20-21(14-18)34-13-12-33-20)26-22(29)15-28-23(30)25(2,27-24(28)31)11-10-17-4-7-19(32-3)8-5-17/h4-9,14,16H,10-13,15H2,1-3H3,(H,26,29)(H,27,31). The van der Waals surface area contributed by atoms with Gasteiger partial charge >= 0.3 is 6.03 Å². The molecule has 2 aliphatic heterocycles. The van der Waals surface area contributed by atoms with Gasteiger partial charge in [-0.1, -0.05) is 18.2 Å². The second-order valence-corrected chi connectivity index (χ2v) is 8.69. The summed E-state index contributed by atoms with van der Waals surface area (Å²) < 4.78 is 16.3. The number of carbonyl (C=O) groups excluding carboxylic acids is 3. The molecule has 2 unspecified atom stereocenters. The van der Waals surface area contributed by atoms with E-state index in [4.69, 9.17) is 14.2 Å². The summed E-state index contributed by atoms with van der Waals surface area (Å²) in [5.41, 5.74) is 0.784. The van der Waals surface area contributed by atoms with Crippen molar-refractivity contribution in [1.82, 2.24) is 15.5 Å². The molecule has 2 aliphatic rings. The van der Waals surface area contributed by atoms with Crippen LogP contribution < -0.4 is 24.8 Å². The molecule has 2 N–H and O–H groups in total. The number of hydrogen-bond acceptors (Lipinski definition) is 6. The Labute approximate surface area is 198 Å². The third-order valence-electron chi connectivity index (χ3n) is 6.16. The average Bonchev–Trinajstić information content (AvgIpc) is 3.05. The number of rotatable bonds is 8. The van der Waals surface area contributed by atoms with Crippen LogP contribution in [0.4, 0.5) is 4.79 Å². The Balaban J connectivity index is 1.34. The summed E-state index contributed by atoms with van der Waals surface area (Å²) in [5, 5.41) is 5.60. The lowest BCUT2D eigenvalue weighted by Crippen LogP contribution is -2.45. The number of methoxy groups -OCH3 is 1. The molecule has 34 heavy (non-hydrogen) atoms. The van der Waals surface area contributed by atoms with Crippen molar-refractivity contribution in [2.45, 2.75) is 38.3 Å². The fourth-order valence-electron chi connectivity index (χ4n) is 4.09. The van der Waals surface area contributed by atoms with E-state index < -0.39 is 23.4 Å². The summed E-state index contributed by atoms with van der Waals surface area (Å²) >= 11 is 0. The summed E-state index contributed by atoms with van der Waals surface area (Å²) in [6, 6.07) is 12.1. The first-order valence-corrected chi connectivity index (χ1v) is 11.2. The van der Waals surface area contributed by atoms with Gasteiger partial charge < -0.3 is 24.8 Å². The van der Waals surface area contributed by atoms with Gasteiger partial charge in [0.15, 0.2) is 11.5 Å². The van der Waals surface area contributed by atoms with Crippen LogP contribution in [-0.2, 0) is 16.0 Å². The Morgan fingerprint density at radius 3 is 2.56 bits per heavy atom. The van der Waals surface area contributed by atoms with Crippen LogP contribution >= 0.6 is 0 Å². The molecule has 2 aromatic carbocycles. The van der Waals surface area contributed by atoms with Crippen LogP contribution in [0.2, 0.25) is 0 Å². The van der Waals surface area contributed by atoms with Gasteiger partial charge in [0.05, 0.1) is 13.2 Å². The molecular weight excluding hydrogens is 438 g/mol. The molecule has 4 rings (SSSR count). The molecule has 0 spiro atoms. The summed E-state index contributed by atoms with van der Waals surface area (Å²) in [6.45, 7) is 4.14. The van der Waals surface area contributed by atoms with Crippen molar-refractivity contribution in [1.29, 1.82) is 0 Å². The monoisotopic (exact) mass is 467 g/mol. The largest absolute Gasteiger partial charge is 0.497 e. The van der Waals surface area contributed by atoms with Crippen molar-refractivity contribution in [3.8, 4) is 17.2 Å². The molecule has 1 saturated heterocycles. The first-order chi connectivity index (χ1) is 16.3. The molecule has 0 aromatic heterocycles. The maximum absolute atomic E-state index is 13.0. The summed E-state index contributed by atoms with van der Waals surface area (Å²) in [5.74, 6) is 1.22. The minimum Gasteiger partial charge on any atom is -0.497 e. The predicted octanol–water partition coefficient (Wildman–Crippen LogP) is 2.59. The van der Waals surface area contributed by atoms with Crippen molar-refractivity contribution in [2.75, 3.05) is 26.9 Å². The highest BCUT2D eigenvalue weighted by atomic mass is 16.6. The molecule has 180 valence electrons. The van der Waals surface area contributed by atoms with E-state index in [9.17, 15) is 14.4 Å². The number of urea groups is 1. The number of nitrogens with one attached hydrogen (secondary N) is 2. The number of aryl methyl sites for hydroxylation is 1. The molecule has 0 radical (unpaired) electrons. The number of benzene rings is 2. The van der Waals surface area contributed by atoms with Crippen LogP contribution in [-0.4, -0.2) is 55.2 Å². The zero-order valence-corrected chi connectivity index (χ0v) is 19.6. The Kier molecular flexibility index (Phi) is 6.63. The zero-order chi connectivity index (χ0) is 24.3. The number of imide groups is 1. The molecular formula is C25H29N3O6. The number of carbonyl (C=O) groups is 3. The fraction of sp³-hybridized carbons (Fsp3) is 0.400. The van der Waals surface area contributed by atoms with Gasteiger partial charge in [-0.15, -0.1) is 0 Å². The third-order valence-corrected chi connectivity index (χ3v) is 6.16. The van der Waals surface area contributed by atoms with Crippen molar-refractivity contribution in [3.63, 3.8) is 0 Å². The molecule has 2 aromatic rings. The SMILES string of the molecule is COc1ccc(CCC2(C)NC(=O)N(CC(=O)NC(C)c3ccc4c(c3)OCCO4)C2=O)cc1. The quantitative estimate of drug-likeness (QED) is 0.578. The first kappa shape index (κ1) is 23.4. The number of nitrogens with zero attached hydrogens (tertiary/aromatic N) is 1. The molecule has 0 saturated carbocycles. The van der Waals surface area contributed by atoms with E-state index in [1.54, 1.807) is 20.1 Å². The van der Waals surface area contributed by atoms with Gasteiger partial charge in [0.1, 0.15) is 31.0 Å². The lowest BCUT2D eigenvalue weighted by Gasteiger charge is -2.22. The predicted molar refractivity (Wildman–Crippen MR) is 124 cm³/mol. The van der Waals surface area contributed by atoms with Crippen LogP contribution in [0.5, 0.6) is 17.2 Å². The smallest absolute Gasteiger partial charge is 0.325 e. The van der Waals surface area contributed by atoms with Crippen LogP contribution in [0.15, 0.2) is 42.5 Å². The summed E-state index contributed by atoms with van der Waals surface area (Å²) in [7, 11) is 1.60. The van der Waals surface area contributed by atoms with E-state index in [1.165, 1.54) is 0 Å². The molecule has 9 heteroatoms. The van der Waals surface area contributed by atoms with Gasteiger partial charge in [0.2, 0.25) is 5.91 Å². The maximum atomic E-state index is 13.0. The lowest BCUT2D eigenvalue weighted by atomic mass is 9.93. The third kappa shape index (κ3) is 4.93. The number of hydrogen-bond donors (Lipinski definition) is 2. The zero-order valence-electron chi connectivity index (χ0n) is 19.6. The van der Waals surface area contributed by atoms with E-state index >= 15 is 0 Å². The van der Waals surface area contributed by atoms with E-state index in [1.807, 2.05) is 43.3 Å². The Morgan fingerprint density at radius 1 is 1.15 bits per heavy atom. The van der Waals surface area contributed by atoms with Crippen LogP contribution in [0.25, 0.3) is 0 Å². The summed E-state index contributed by atoms with van der Waals surface area (Å²) in [4.78, 5) is 39.2. The van der Waals surface area contributed by atoms with E-state index in [0.717, 1.165) is 21.8 Å². The molecule has 2 atom stereocenters. The van der Waals surface area contributed by atoms with Gasteiger partial charge in [-0.3, -0.25) is 14.5 Å². The number of amides is 4. The molecule has 2 heterocycles. The summed E-state index contributed by atoms with van der Waals surface area (Å²) in [6.07, 6.45) is 1.00. The van der Waals surface area contributed by atoms with E-state index in [0.29, 0.717) is 37.6 Å². The van der Waals surface area contributed by atoms with Crippen LogP contribution in [0.3, 0.4) is 0 Å². The maximum Gasteiger partial charge on any atom is 0.325 e. The van der Waals surface area contributed by atoms with Gasteiger partial charge in [-0.25, -0.2) is 4.79 Å². The molecule has 0 bridgehead atoms. The van der Waals surface area contributed by atoms with E-state index in [-0.39, 0.29) is 12.6 Å². The Morgan fingerprint density at radius 2 is 1.85 bits per heavy atom. The van der Waals surface area contributed by atoms with Gasteiger partial charge in [0.25, 0.3) is 5.91 Å². The van der Waals surface area contributed by atoms with Crippen molar-refractivity contribution in [3.05, 3.63) is 53.6 Å².